The molecule has 40 heavy (non-hydrogen) atoms. The number of benzene rings is 3. The summed E-state index contributed by atoms with van der Waals surface area (Å²) in [6.45, 7) is 11.7. The smallest absolute Gasteiger partial charge is 0.264 e. The van der Waals surface area contributed by atoms with Crippen molar-refractivity contribution in [3.63, 3.8) is 0 Å². The van der Waals surface area contributed by atoms with Gasteiger partial charge in [-0.1, -0.05) is 73.5 Å². The van der Waals surface area contributed by atoms with E-state index in [1.807, 2.05) is 77.9 Å². The lowest BCUT2D eigenvalue weighted by atomic mass is 10.1. The molecule has 0 aromatic heterocycles. The van der Waals surface area contributed by atoms with Crippen LogP contribution in [0.4, 0.5) is 5.69 Å². The Hall–Kier alpha value is -3.65. The quantitative estimate of drug-likeness (QED) is 0.318. The van der Waals surface area contributed by atoms with Gasteiger partial charge < -0.3 is 10.2 Å². The van der Waals surface area contributed by atoms with Crippen LogP contribution in [0.1, 0.15) is 54.5 Å². The molecule has 3 aromatic rings. The Bertz CT molecular complexity index is 1420. The Morgan fingerprint density at radius 1 is 0.825 bits per heavy atom. The number of aryl methyl sites for hydroxylation is 4. The summed E-state index contributed by atoms with van der Waals surface area (Å²) in [5.41, 5.74) is 4.92. The van der Waals surface area contributed by atoms with Gasteiger partial charge in [-0.3, -0.25) is 13.9 Å². The summed E-state index contributed by atoms with van der Waals surface area (Å²) in [5, 5.41) is 2.91. The van der Waals surface area contributed by atoms with E-state index in [1.54, 1.807) is 30.3 Å². The van der Waals surface area contributed by atoms with Crippen LogP contribution in [-0.2, 0) is 26.2 Å². The van der Waals surface area contributed by atoms with Crippen molar-refractivity contribution in [3.8, 4) is 0 Å². The fourth-order valence-corrected chi connectivity index (χ4v) is 5.99. The zero-order chi connectivity index (χ0) is 29.4. The van der Waals surface area contributed by atoms with E-state index in [0.29, 0.717) is 18.7 Å². The van der Waals surface area contributed by atoms with Crippen molar-refractivity contribution in [3.05, 3.63) is 94.5 Å². The van der Waals surface area contributed by atoms with Crippen LogP contribution >= 0.6 is 0 Å². The van der Waals surface area contributed by atoms with Crippen molar-refractivity contribution >= 4 is 27.5 Å². The summed E-state index contributed by atoms with van der Waals surface area (Å²) < 4.78 is 29.3. The molecular weight excluding hydrogens is 522 g/mol. The first-order valence-electron chi connectivity index (χ1n) is 13.8. The van der Waals surface area contributed by atoms with E-state index in [9.17, 15) is 18.0 Å². The van der Waals surface area contributed by atoms with E-state index in [0.717, 1.165) is 34.2 Å². The standard InChI is InChI=1S/C32H41N3O4S/c1-7-19-33-32(37)29(8-2)34(21-27-15-10-23(3)11-16-27)31(36)22-35(30-20-25(5)9-14-26(30)6)40(38,39)28-17-12-24(4)13-18-28/h9-18,20,29H,7-8,19,21-22H2,1-6H3,(H,33,37)/t29-/m0/s1. The lowest BCUT2D eigenvalue weighted by Crippen LogP contribution is -2.52. The molecule has 3 aromatic carbocycles. The number of hydrogen-bond donors (Lipinski definition) is 1. The molecule has 0 heterocycles. The summed E-state index contributed by atoms with van der Waals surface area (Å²) >= 11 is 0. The third kappa shape index (κ3) is 7.50. The van der Waals surface area contributed by atoms with Gasteiger partial charge in [0, 0.05) is 13.1 Å². The number of carbonyl (C=O) groups is 2. The Kier molecular flexibility index (Phi) is 10.5. The number of nitrogens with one attached hydrogen (secondary N) is 1. The molecule has 0 saturated heterocycles. The average Bonchev–Trinajstić information content (AvgIpc) is 2.93. The minimum atomic E-state index is -4.10. The molecule has 0 aliphatic rings. The largest absolute Gasteiger partial charge is 0.354 e. The predicted octanol–water partition coefficient (Wildman–Crippen LogP) is 5.45. The first kappa shape index (κ1) is 30.9. The SMILES string of the molecule is CCCNC(=O)[C@H](CC)N(Cc1ccc(C)cc1)C(=O)CN(c1cc(C)ccc1C)S(=O)(=O)c1ccc(C)cc1. The van der Waals surface area contributed by atoms with Gasteiger partial charge in [0.1, 0.15) is 12.6 Å². The highest BCUT2D eigenvalue weighted by Gasteiger charge is 2.34. The third-order valence-corrected chi connectivity index (χ3v) is 8.70. The van der Waals surface area contributed by atoms with E-state index >= 15 is 0 Å². The van der Waals surface area contributed by atoms with E-state index in [2.05, 4.69) is 5.32 Å². The van der Waals surface area contributed by atoms with Crippen molar-refractivity contribution < 1.29 is 18.0 Å². The molecule has 3 rings (SSSR count). The monoisotopic (exact) mass is 563 g/mol. The third-order valence-electron chi connectivity index (χ3n) is 6.93. The van der Waals surface area contributed by atoms with Crippen molar-refractivity contribution in [2.75, 3.05) is 17.4 Å². The minimum Gasteiger partial charge on any atom is -0.354 e. The van der Waals surface area contributed by atoms with Gasteiger partial charge in [0.05, 0.1) is 10.6 Å². The molecule has 0 aliphatic carbocycles. The molecule has 0 radical (unpaired) electrons. The Balaban J connectivity index is 2.09. The molecule has 7 nitrogen and oxygen atoms in total. The maximum atomic E-state index is 14.1. The molecule has 2 amide bonds. The first-order chi connectivity index (χ1) is 19.0. The highest BCUT2D eigenvalue weighted by Crippen LogP contribution is 2.29. The highest BCUT2D eigenvalue weighted by molar-refractivity contribution is 7.92. The predicted molar refractivity (Wildman–Crippen MR) is 161 cm³/mol. The number of carbonyl (C=O) groups excluding carboxylic acids is 2. The molecule has 0 fully saturated rings. The zero-order valence-corrected chi connectivity index (χ0v) is 25.2. The zero-order valence-electron chi connectivity index (χ0n) is 24.4. The topological polar surface area (TPSA) is 86.8 Å². The van der Waals surface area contributed by atoms with Gasteiger partial charge in [-0.05, 0) is 75.4 Å². The molecule has 0 unspecified atom stereocenters. The van der Waals surface area contributed by atoms with Crippen LogP contribution in [0.15, 0.2) is 71.6 Å². The maximum Gasteiger partial charge on any atom is 0.264 e. The van der Waals surface area contributed by atoms with Crippen LogP contribution in [0, 0.1) is 27.7 Å². The lowest BCUT2D eigenvalue weighted by Gasteiger charge is -2.33. The molecular formula is C32H41N3O4S. The molecule has 1 N–H and O–H groups in total. The number of rotatable bonds is 12. The van der Waals surface area contributed by atoms with Gasteiger partial charge in [-0.2, -0.15) is 0 Å². The van der Waals surface area contributed by atoms with Crippen molar-refractivity contribution in [1.82, 2.24) is 10.2 Å². The number of hydrogen-bond acceptors (Lipinski definition) is 4. The molecule has 0 aliphatic heterocycles. The summed E-state index contributed by atoms with van der Waals surface area (Å²) in [5.74, 6) is -0.694. The Morgan fingerprint density at radius 3 is 1.98 bits per heavy atom. The minimum absolute atomic E-state index is 0.102. The van der Waals surface area contributed by atoms with Gasteiger partial charge >= 0.3 is 0 Å². The molecule has 0 spiro atoms. The fourth-order valence-electron chi connectivity index (χ4n) is 4.51. The molecule has 214 valence electrons. The van der Waals surface area contributed by atoms with Crippen LogP contribution in [0.2, 0.25) is 0 Å². The first-order valence-corrected chi connectivity index (χ1v) is 15.2. The van der Waals surface area contributed by atoms with Gasteiger partial charge in [0.25, 0.3) is 10.0 Å². The highest BCUT2D eigenvalue weighted by atomic mass is 32.2. The van der Waals surface area contributed by atoms with Gasteiger partial charge in [0.2, 0.25) is 11.8 Å². The second kappa shape index (κ2) is 13.6. The van der Waals surface area contributed by atoms with Gasteiger partial charge in [0.15, 0.2) is 0 Å². The second-order valence-electron chi connectivity index (χ2n) is 10.3. The molecule has 0 saturated carbocycles. The number of nitrogens with zero attached hydrogens (tertiary/aromatic N) is 2. The van der Waals surface area contributed by atoms with Crippen molar-refractivity contribution in [1.29, 1.82) is 0 Å². The van der Waals surface area contributed by atoms with E-state index < -0.39 is 28.5 Å². The van der Waals surface area contributed by atoms with Crippen LogP contribution in [0.3, 0.4) is 0 Å². The number of anilines is 1. The van der Waals surface area contributed by atoms with Crippen LogP contribution < -0.4 is 9.62 Å². The van der Waals surface area contributed by atoms with Gasteiger partial charge in [-0.25, -0.2) is 8.42 Å². The molecule has 0 bridgehead atoms. The van der Waals surface area contributed by atoms with Crippen molar-refractivity contribution in [2.45, 2.75) is 71.9 Å². The number of amides is 2. The van der Waals surface area contributed by atoms with E-state index in [4.69, 9.17) is 0 Å². The maximum absolute atomic E-state index is 14.1. The Morgan fingerprint density at radius 2 is 1.40 bits per heavy atom. The Labute approximate surface area is 239 Å². The van der Waals surface area contributed by atoms with Gasteiger partial charge in [-0.15, -0.1) is 0 Å². The summed E-state index contributed by atoms with van der Waals surface area (Å²) in [6, 6.07) is 19.2. The van der Waals surface area contributed by atoms with Crippen LogP contribution in [-0.4, -0.2) is 44.3 Å². The van der Waals surface area contributed by atoms with E-state index in [-0.39, 0.29) is 17.3 Å². The normalized spacial score (nSPS) is 12.1. The average molecular weight is 564 g/mol. The molecule has 8 heteroatoms. The van der Waals surface area contributed by atoms with Crippen LogP contribution in [0.5, 0.6) is 0 Å². The molecule has 1 atom stereocenters. The van der Waals surface area contributed by atoms with Crippen LogP contribution in [0.25, 0.3) is 0 Å². The van der Waals surface area contributed by atoms with Crippen molar-refractivity contribution in [2.24, 2.45) is 0 Å². The summed E-state index contributed by atoms with van der Waals surface area (Å²) in [4.78, 5) is 29.0. The second-order valence-corrected chi connectivity index (χ2v) is 12.2. The fraction of sp³-hybridized carbons (Fsp3) is 0.375. The summed E-state index contributed by atoms with van der Waals surface area (Å²) in [6.07, 6.45) is 1.16. The summed E-state index contributed by atoms with van der Waals surface area (Å²) in [7, 11) is -4.10. The number of sulfonamides is 1. The van der Waals surface area contributed by atoms with E-state index in [1.165, 1.54) is 9.21 Å². The lowest BCUT2D eigenvalue weighted by molar-refractivity contribution is -0.140.